The number of carbonyl (C=O) groups excluding carboxylic acids is 2. The van der Waals surface area contributed by atoms with E-state index in [1.54, 1.807) is 6.07 Å². The molecule has 130 valence electrons. The van der Waals surface area contributed by atoms with Crippen molar-refractivity contribution >= 4 is 23.2 Å². The number of rotatable bonds is 5. The van der Waals surface area contributed by atoms with Crippen molar-refractivity contribution in [3.8, 4) is 0 Å². The van der Waals surface area contributed by atoms with Crippen molar-refractivity contribution in [2.24, 2.45) is 0 Å². The van der Waals surface area contributed by atoms with Crippen LogP contribution in [0.15, 0.2) is 42.5 Å². The molecule has 1 aliphatic heterocycles. The molecule has 0 saturated carbocycles. The molecule has 6 heteroatoms. The van der Waals surface area contributed by atoms with Gasteiger partial charge in [0.2, 0.25) is 11.8 Å². The molecule has 1 atom stereocenters. The van der Waals surface area contributed by atoms with Crippen LogP contribution >= 0.6 is 0 Å². The number of fused-ring (bicyclic) bond motifs is 1. The lowest BCUT2D eigenvalue weighted by Crippen LogP contribution is -2.31. The number of amides is 2. The van der Waals surface area contributed by atoms with Crippen LogP contribution in [0.1, 0.15) is 30.4 Å². The van der Waals surface area contributed by atoms with Gasteiger partial charge < -0.3 is 16.0 Å². The van der Waals surface area contributed by atoms with Crippen molar-refractivity contribution in [3.63, 3.8) is 0 Å². The van der Waals surface area contributed by atoms with Crippen LogP contribution in [0, 0.1) is 5.82 Å². The fraction of sp³-hybridized carbons (Fsp3) is 0.263. The van der Waals surface area contributed by atoms with Crippen molar-refractivity contribution in [1.29, 1.82) is 0 Å². The third-order valence-electron chi connectivity index (χ3n) is 4.21. The Kier molecular flexibility index (Phi) is 5.09. The lowest BCUT2D eigenvalue weighted by molar-refractivity contribution is -0.123. The minimum Gasteiger partial charge on any atom is -0.326 e. The maximum atomic E-state index is 13.4. The molecule has 2 aromatic carbocycles. The van der Waals surface area contributed by atoms with Gasteiger partial charge in [0, 0.05) is 24.3 Å². The highest BCUT2D eigenvalue weighted by molar-refractivity contribution is 6.05. The van der Waals surface area contributed by atoms with E-state index in [0.29, 0.717) is 23.5 Å². The molecule has 1 heterocycles. The molecule has 5 nitrogen and oxygen atoms in total. The van der Waals surface area contributed by atoms with E-state index in [0.717, 1.165) is 12.1 Å². The van der Waals surface area contributed by atoms with Crippen LogP contribution in [0.25, 0.3) is 0 Å². The van der Waals surface area contributed by atoms with Crippen molar-refractivity contribution < 1.29 is 14.0 Å². The van der Waals surface area contributed by atoms with Gasteiger partial charge in [-0.05, 0) is 35.9 Å². The Morgan fingerprint density at radius 2 is 2.08 bits per heavy atom. The minimum absolute atomic E-state index is 0.0415. The summed E-state index contributed by atoms with van der Waals surface area (Å²) in [5, 5.41) is 8.76. The Morgan fingerprint density at radius 1 is 1.28 bits per heavy atom. The van der Waals surface area contributed by atoms with Crippen molar-refractivity contribution in [3.05, 3.63) is 59.4 Å². The highest BCUT2D eigenvalue weighted by Gasteiger charge is 2.31. The molecule has 3 rings (SSSR count). The lowest BCUT2D eigenvalue weighted by atomic mass is 9.89. The Hall–Kier alpha value is -2.73. The number of benzene rings is 2. The monoisotopic (exact) mass is 341 g/mol. The SMILES string of the molecule is CCNCc1ccccc1NC(=O)C1CC(=O)Nc2cc(F)ccc21. The van der Waals surface area contributed by atoms with Crippen LogP contribution in [0.2, 0.25) is 0 Å². The topological polar surface area (TPSA) is 70.2 Å². The molecule has 2 amide bonds. The van der Waals surface area contributed by atoms with Gasteiger partial charge in [0.1, 0.15) is 5.82 Å². The summed E-state index contributed by atoms with van der Waals surface area (Å²) < 4.78 is 13.4. The maximum Gasteiger partial charge on any atom is 0.232 e. The summed E-state index contributed by atoms with van der Waals surface area (Å²) >= 11 is 0. The molecule has 0 radical (unpaired) electrons. The maximum absolute atomic E-state index is 13.4. The summed E-state index contributed by atoms with van der Waals surface area (Å²) in [6.45, 7) is 3.47. The van der Waals surface area contributed by atoms with Crippen LogP contribution in [-0.4, -0.2) is 18.4 Å². The zero-order chi connectivity index (χ0) is 17.8. The molecule has 0 saturated heterocycles. The van der Waals surface area contributed by atoms with Crippen LogP contribution in [0.5, 0.6) is 0 Å². The lowest BCUT2D eigenvalue weighted by Gasteiger charge is -2.25. The molecular formula is C19H20FN3O2. The number of hydrogen-bond acceptors (Lipinski definition) is 3. The molecule has 0 aliphatic carbocycles. The molecule has 3 N–H and O–H groups in total. The molecule has 25 heavy (non-hydrogen) atoms. The van der Waals surface area contributed by atoms with Crippen LogP contribution in [0.4, 0.5) is 15.8 Å². The summed E-state index contributed by atoms with van der Waals surface area (Å²) in [5.41, 5.74) is 2.67. The van der Waals surface area contributed by atoms with E-state index in [1.807, 2.05) is 31.2 Å². The molecule has 1 unspecified atom stereocenters. The fourth-order valence-electron chi connectivity index (χ4n) is 2.95. The zero-order valence-corrected chi connectivity index (χ0v) is 13.9. The fourth-order valence-corrected chi connectivity index (χ4v) is 2.95. The number of carbonyl (C=O) groups is 2. The summed E-state index contributed by atoms with van der Waals surface area (Å²) in [6.07, 6.45) is 0.0415. The first kappa shape index (κ1) is 17.1. The Labute approximate surface area is 145 Å². The number of para-hydroxylation sites is 1. The van der Waals surface area contributed by atoms with E-state index >= 15 is 0 Å². The Bertz CT molecular complexity index is 807. The first-order chi connectivity index (χ1) is 12.1. The van der Waals surface area contributed by atoms with Gasteiger partial charge in [-0.15, -0.1) is 0 Å². The van der Waals surface area contributed by atoms with Crippen LogP contribution < -0.4 is 16.0 Å². The van der Waals surface area contributed by atoms with Gasteiger partial charge in [-0.25, -0.2) is 4.39 Å². The van der Waals surface area contributed by atoms with E-state index < -0.39 is 11.7 Å². The second kappa shape index (κ2) is 7.44. The Morgan fingerprint density at radius 3 is 2.88 bits per heavy atom. The predicted molar refractivity (Wildman–Crippen MR) is 94.8 cm³/mol. The molecule has 1 aliphatic rings. The normalized spacial score (nSPS) is 16.1. The molecule has 0 fully saturated rings. The zero-order valence-electron chi connectivity index (χ0n) is 13.9. The average molecular weight is 341 g/mol. The second-order valence-corrected chi connectivity index (χ2v) is 5.96. The standard InChI is InChI=1S/C19H20FN3O2/c1-2-21-11-12-5-3-4-6-16(12)23-19(25)15-10-18(24)22-17-9-13(20)7-8-14(15)17/h3-9,15,21H,2,10-11H2,1H3,(H,22,24)(H,23,25). The van der Waals surface area contributed by atoms with Gasteiger partial charge >= 0.3 is 0 Å². The van der Waals surface area contributed by atoms with E-state index in [2.05, 4.69) is 16.0 Å². The molecule has 0 aromatic heterocycles. The third kappa shape index (κ3) is 3.85. The van der Waals surface area contributed by atoms with Gasteiger partial charge in [0.15, 0.2) is 0 Å². The average Bonchev–Trinajstić information content (AvgIpc) is 2.59. The summed E-state index contributed by atoms with van der Waals surface area (Å²) in [7, 11) is 0. The quantitative estimate of drug-likeness (QED) is 0.783. The molecule has 2 aromatic rings. The van der Waals surface area contributed by atoms with Crippen molar-refractivity contribution in [2.45, 2.75) is 25.8 Å². The predicted octanol–water partition coefficient (Wildman–Crippen LogP) is 3.00. The number of nitrogens with one attached hydrogen (secondary N) is 3. The molecule has 0 bridgehead atoms. The molecular weight excluding hydrogens is 321 g/mol. The third-order valence-corrected chi connectivity index (χ3v) is 4.21. The summed E-state index contributed by atoms with van der Waals surface area (Å²) in [6, 6.07) is 11.6. The number of hydrogen-bond donors (Lipinski definition) is 3. The largest absolute Gasteiger partial charge is 0.326 e. The first-order valence-electron chi connectivity index (χ1n) is 8.27. The van der Waals surface area contributed by atoms with E-state index in [-0.39, 0.29) is 18.2 Å². The van der Waals surface area contributed by atoms with E-state index in [9.17, 15) is 14.0 Å². The van der Waals surface area contributed by atoms with Crippen molar-refractivity contribution in [2.75, 3.05) is 17.2 Å². The van der Waals surface area contributed by atoms with Crippen molar-refractivity contribution in [1.82, 2.24) is 5.32 Å². The second-order valence-electron chi connectivity index (χ2n) is 5.96. The van der Waals surface area contributed by atoms with Gasteiger partial charge in [-0.2, -0.15) is 0 Å². The first-order valence-corrected chi connectivity index (χ1v) is 8.27. The molecule has 0 spiro atoms. The number of halogens is 1. The van der Waals surface area contributed by atoms with Gasteiger partial charge in [0.05, 0.1) is 5.92 Å². The Balaban J connectivity index is 1.84. The highest BCUT2D eigenvalue weighted by Crippen LogP contribution is 2.33. The van der Waals surface area contributed by atoms with Gasteiger partial charge in [0.25, 0.3) is 0 Å². The van der Waals surface area contributed by atoms with Gasteiger partial charge in [-0.3, -0.25) is 9.59 Å². The summed E-state index contributed by atoms with van der Waals surface area (Å²) in [5.74, 6) is -1.65. The van der Waals surface area contributed by atoms with E-state index in [1.165, 1.54) is 12.1 Å². The van der Waals surface area contributed by atoms with E-state index in [4.69, 9.17) is 0 Å². The highest BCUT2D eigenvalue weighted by atomic mass is 19.1. The smallest absolute Gasteiger partial charge is 0.232 e. The van der Waals surface area contributed by atoms with Crippen LogP contribution in [0.3, 0.4) is 0 Å². The number of anilines is 2. The van der Waals surface area contributed by atoms with Gasteiger partial charge in [-0.1, -0.05) is 31.2 Å². The summed E-state index contributed by atoms with van der Waals surface area (Å²) in [4.78, 5) is 24.7. The van der Waals surface area contributed by atoms with Crippen LogP contribution in [-0.2, 0) is 16.1 Å². The minimum atomic E-state index is -0.642.